The van der Waals surface area contributed by atoms with Crippen LogP contribution in [0, 0.1) is 10.4 Å². The fraction of sp³-hybridized carbons (Fsp3) is 0. The number of carbonyl (C=O) groups excluding carboxylic acids is 2. The molecule has 0 N–H and O–H groups in total. The van der Waals surface area contributed by atoms with Crippen LogP contribution in [0.1, 0.15) is 0 Å². The van der Waals surface area contributed by atoms with Gasteiger partial charge in [-0.25, -0.2) is 0 Å². The van der Waals surface area contributed by atoms with E-state index in [1.54, 1.807) is 12.4 Å². The van der Waals surface area contributed by atoms with Crippen molar-refractivity contribution in [3.8, 4) is 0 Å². The fourth-order valence-electron chi connectivity index (χ4n) is 1.44. The number of carbonyl (C=O) groups is 2. The summed E-state index contributed by atoms with van der Waals surface area (Å²) in [6.45, 7) is 0. The molecule has 0 unspecified atom stereocenters. The fourth-order valence-corrected chi connectivity index (χ4v) is 1.77. The number of pyridine rings is 1. The molecule has 2 aliphatic rings. The number of hydrogen-bond acceptors (Lipinski definition) is 7. The largest absolute Gasteiger partial charge is 0.791 e. The van der Waals surface area contributed by atoms with Gasteiger partial charge in [0, 0.05) is 39.5 Å². The minimum Gasteiger partial charge on any atom is -0.791 e. The molecule has 0 saturated heterocycles. The quantitative estimate of drug-likeness (QED) is 0.337. The van der Waals surface area contributed by atoms with Crippen molar-refractivity contribution in [2.24, 2.45) is 10.3 Å². The van der Waals surface area contributed by atoms with E-state index in [1.807, 2.05) is 18.2 Å². The molecule has 3 rings (SSSR count). The van der Waals surface area contributed by atoms with E-state index in [-0.39, 0.29) is 28.5 Å². The topological polar surface area (TPSA) is 118 Å². The Morgan fingerprint density at radius 3 is 1.37 bits per heavy atom. The Morgan fingerprint density at radius 1 is 0.741 bits per heavy atom. The Hall–Kier alpha value is -2.51. The molecule has 0 aromatic carbocycles. The van der Waals surface area contributed by atoms with E-state index in [0.29, 0.717) is 10.1 Å². The van der Waals surface area contributed by atoms with Crippen LogP contribution in [0.3, 0.4) is 0 Å². The Bertz CT molecular complexity index is 751. The van der Waals surface area contributed by atoms with Gasteiger partial charge in [-0.3, -0.25) is 14.6 Å². The summed E-state index contributed by atoms with van der Waals surface area (Å²) in [5, 5.41) is 25.4. The number of rotatable bonds is 0. The molecule has 1 heterocycles. The molecule has 1 radical (unpaired) electrons. The zero-order valence-electron chi connectivity index (χ0n) is 13.4. The Morgan fingerprint density at radius 2 is 1.15 bits per heavy atom. The summed E-state index contributed by atoms with van der Waals surface area (Å²) in [6, 6.07) is 5.72. The zero-order chi connectivity index (χ0) is 19.4. The number of nitrogens with zero attached hydrogens (tertiary/aromatic N) is 3. The van der Waals surface area contributed by atoms with Gasteiger partial charge >= 0.3 is 0 Å². The maximum Gasteiger partial charge on any atom is 0.203 e. The van der Waals surface area contributed by atoms with Gasteiger partial charge in [0.05, 0.1) is 0 Å². The van der Waals surface area contributed by atoms with E-state index in [9.17, 15) is 20.0 Å². The van der Waals surface area contributed by atoms with E-state index in [0.717, 1.165) is 0 Å². The summed E-state index contributed by atoms with van der Waals surface area (Å²) in [6.07, 6.45) is 11.2. The first kappa shape index (κ1) is 24.5. The van der Waals surface area contributed by atoms with Crippen LogP contribution in [0.5, 0.6) is 0 Å². The second-order valence-electron chi connectivity index (χ2n) is 4.43. The maximum atomic E-state index is 10.7. The Kier molecular flexibility index (Phi) is 12.4. The third-order valence-corrected chi connectivity index (χ3v) is 3.08. The van der Waals surface area contributed by atoms with Gasteiger partial charge < -0.3 is 20.7 Å². The number of halogens is 2. The predicted molar refractivity (Wildman–Crippen MR) is 102 cm³/mol. The van der Waals surface area contributed by atoms with Crippen LogP contribution in [0.25, 0.3) is 0 Å². The van der Waals surface area contributed by atoms with Crippen molar-refractivity contribution in [3.63, 3.8) is 0 Å². The van der Waals surface area contributed by atoms with Gasteiger partial charge in [0.1, 0.15) is 11.4 Å². The van der Waals surface area contributed by atoms with E-state index in [1.165, 1.54) is 36.5 Å². The average Bonchev–Trinajstić information content (AvgIpc) is 2.68. The maximum absolute atomic E-state index is 10.7. The smallest absolute Gasteiger partial charge is 0.203 e. The van der Waals surface area contributed by atoms with Gasteiger partial charge in [0.2, 0.25) is 11.6 Å². The van der Waals surface area contributed by atoms with Gasteiger partial charge in [-0.2, -0.15) is 0 Å². The molecule has 2 aliphatic carbocycles. The van der Waals surface area contributed by atoms with Crippen molar-refractivity contribution in [1.29, 1.82) is 0 Å². The van der Waals surface area contributed by atoms with Crippen LogP contribution < -0.4 is 0 Å². The standard InChI is InChI=1S/2C6H4ClNO2.C5H5N.Cu/c2*7-4-1-2-6(9)5(3-4)8-10;1-2-4-6-5-3-1;/h2*1-3,10H;1-5H;/p-2/b2*8-5+;;. The molecule has 0 bridgehead atoms. The number of ketones is 2. The van der Waals surface area contributed by atoms with Gasteiger partial charge in [-0.1, -0.05) is 29.3 Å². The van der Waals surface area contributed by atoms with Crippen LogP contribution in [-0.4, -0.2) is 28.0 Å². The van der Waals surface area contributed by atoms with Crippen LogP contribution in [0.4, 0.5) is 0 Å². The molecule has 145 valence electrons. The number of aromatic nitrogens is 1. The van der Waals surface area contributed by atoms with Gasteiger partial charge in [-0.15, -0.1) is 0 Å². The molecule has 0 amide bonds. The molecule has 0 aliphatic heterocycles. The minimum absolute atomic E-state index is 0. The number of hydrogen-bond donors (Lipinski definition) is 0. The van der Waals surface area contributed by atoms with Crippen LogP contribution in [-0.2, 0) is 26.7 Å². The SMILES string of the molecule is O=C1C=CC(Cl)=C/C1=N\[O-].O=C1C=CC(Cl)=C/C1=N\[O-].[Cu].c1ccncc1. The van der Waals surface area contributed by atoms with Gasteiger partial charge in [0.25, 0.3) is 0 Å². The van der Waals surface area contributed by atoms with E-state index in [4.69, 9.17) is 23.2 Å². The summed E-state index contributed by atoms with van der Waals surface area (Å²) in [7, 11) is 0. The summed E-state index contributed by atoms with van der Waals surface area (Å²) < 4.78 is 0. The summed E-state index contributed by atoms with van der Waals surface area (Å²) in [4.78, 5) is 25.1. The monoisotopic (exact) mass is 454 g/mol. The van der Waals surface area contributed by atoms with Crippen molar-refractivity contribution in [1.82, 2.24) is 4.98 Å². The molecular weight excluding hydrogens is 445 g/mol. The summed E-state index contributed by atoms with van der Waals surface area (Å²) in [5.41, 5.74) is -0.292. The van der Waals surface area contributed by atoms with E-state index in [2.05, 4.69) is 15.3 Å². The van der Waals surface area contributed by atoms with Crippen LogP contribution in [0.2, 0.25) is 0 Å². The van der Waals surface area contributed by atoms with E-state index < -0.39 is 11.6 Å². The molecule has 0 atom stereocenters. The molecule has 0 fully saturated rings. The summed E-state index contributed by atoms with van der Waals surface area (Å²) in [5.74, 6) is -0.807. The molecule has 7 nitrogen and oxygen atoms in total. The Balaban J connectivity index is 0.000000380. The van der Waals surface area contributed by atoms with Crippen molar-refractivity contribution in [2.45, 2.75) is 0 Å². The Labute approximate surface area is 175 Å². The number of allylic oxidation sites excluding steroid dienone is 8. The molecule has 1 aromatic rings. The zero-order valence-corrected chi connectivity index (χ0v) is 15.8. The third kappa shape index (κ3) is 9.67. The van der Waals surface area contributed by atoms with Crippen molar-refractivity contribution >= 4 is 46.2 Å². The van der Waals surface area contributed by atoms with Gasteiger partial charge in [-0.05, 0) is 48.6 Å². The molecule has 0 saturated carbocycles. The molecule has 1 aromatic heterocycles. The molecule has 10 heteroatoms. The molecule has 0 spiro atoms. The first-order chi connectivity index (χ1) is 12.5. The predicted octanol–water partition coefficient (Wildman–Crippen LogP) is 3.45. The van der Waals surface area contributed by atoms with Crippen LogP contribution >= 0.6 is 23.2 Å². The van der Waals surface area contributed by atoms with Gasteiger partial charge in [0.15, 0.2) is 0 Å². The third-order valence-electron chi connectivity index (χ3n) is 2.61. The van der Waals surface area contributed by atoms with Crippen LogP contribution in [0.15, 0.2) is 87.4 Å². The summed E-state index contributed by atoms with van der Waals surface area (Å²) >= 11 is 10.9. The van der Waals surface area contributed by atoms with Crippen molar-refractivity contribution in [2.75, 3.05) is 0 Å². The average molecular weight is 456 g/mol. The molecule has 27 heavy (non-hydrogen) atoms. The van der Waals surface area contributed by atoms with Crippen molar-refractivity contribution < 1.29 is 26.7 Å². The van der Waals surface area contributed by atoms with Crippen molar-refractivity contribution in [3.05, 3.63) is 87.5 Å². The minimum atomic E-state index is -0.403. The first-order valence-electron chi connectivity index (χ1n) is 6.92. The normalized spacial score (nSPS) is 17.7. The molecular formula is C17H11Cl2CuN3O4-2. The second kappa shape index (κ2) is 13.7. The first-order valence-corrected chi connectivity index (χ1v) is 7.68. The van der Waals surface area contributed by atoms with E-state index >= 15 is 0 Å². The second-order valence-corrected chi connectivity index (χ2v) is 5.30.